The summed E-state index contributed by atoms with van der Waals surface area (Å²) >= 11 is 0. The molecule has 1 rings (SSSR count). The van der Waals surface area contributed by atoms with Crippen LogP contribution in [-0.4, -0.2) is 53.5 Å². The topological polar surface area (TPSA) is 114 Å². The predicted molar refractivity (Wildman–Crippen MR) is 155 cm³/mol. The summed E-state index contributed by atoms with van der Waals surface area (Å²) in [7, 11) is 0. The molecule has 8 heteroatoms. The third-order valence-electron chi connectivity index (χ3n) is 7.53. The molecule has 0 spiro atoms. The zero-order valence-electron chi connectivity index (χ0n) is 25.9. The van der Waals surface area contributed by atoms with Gasteiger partial charge in [-0.2, -0.15) is 0 Å². The molecule has 1 aliphatic rings. The second-order valence-corrected chi connectivity index (χ2v) is 12.8. The number of carbonyl (C=O) groups excluding carboxylic acids is 2. The summed E-state index contributed by atoms with van der Waals surface area (Å²) in [5.41, 5.74) is -1.19. The molecule has 3 atom stereocenters. The van der Waals surface area contributed by atoms with E-state index in [4.69, 9.17) is 9.47 Å². The fraction of sp³-hybridized carbons (Fsp3) is 0.839. The first-order valence-corrected chi connectivity index (χ1v) is 14.9. The van der Waals surface area contributed by atoms with E-state index >= 15 is 0 Å². The fourth-order valence-electron chi connectivity index (χ4n) is 4.77. The number of hydrogen-bond acceptors (Lipinski definition) is 5. The van der Waals surface area contributed by atoms with Crippen LogP contribution >= 0.6 is 0 Å². The van der Waals surface area contributed by atoms with Gasteiger partial charge in [0.05, 0.1) is 19.1 Å². The highest BCUT2D eigenvalue weighted by molar-refractivity contribution is 5.84. The van der Waals surface area contributed by atoms with Crippen LogP contribution in [0.1, 0.15) is 126 Å². The van der Waals surface area contributed by atoms with E-state index in [1.807, 2.05) is 34.6 Å². The van der Waals surface area contributed by atoms with Crippen molar-refractivity contribution in [2.45, 2.75) is 150 Å². The molecule has 1 fully saturated rings. The molecular formula is C31H56N2O6. The van der Waals surface area contributed by atoms with Gasteiger partial charge in [-0.3, -0.25) is 14.4 Å². The van der Waals surface area contributed by atoms with Gasteiger partial charge in [0.25, 0.3) is 0 Å². The number of amides is 2. The Balaban J connectivity index is 2.70. The summed E-state index contributed by atoms with van der Waals surface area (Å²) in [6, 6.07) is -1.29. The van der Waals surface area contributed by atoms with Crippen molar-refractivity contribution in [1.29, 1.82) is 0 Å². The van der Waals surface area contributed by atoms with E-state index in [0.29, 0.717) is 13.0 Å². The number of carboxylic acid groups (broad SMARTS) is 1. The van der Waals surface area contributed by atoms with Gasteiger partial charge in [-0.05, 0) is 46.0 Å². The van der Waals surface area contributed by atoms with Crippen LogP contribution in [0.5, 0.6) is 0 Å². The van der Waals surface area contributed by atoms with E-state index in [2.05, 4.69) is 29.7 Å². The van der Waals surface area contributed by atoms with Crippen molar-refractivity contribution < 1.29 is 29.0 Å². The van der Waals surface area contributed by atoms with Crippen LogP contribution in [0.3, 0.4) is 0 Å². The van der Waals surface area contributed by atoms with Crippen molar-refractivity contribution in [3.63, 3.8) is 0 Å². The molecule has 3 unspecified atom stereocenters. The number of unbranched alkanes of at least 4 members (excludes halogenated alkanes) is 6. The van der Waals surface area contributed by atoms with Crippen LogP contribution in [0, 0.1) is 10.8 Å². The van der Waals surface area contributed by atoms with E-state index in [1.54, 1.807) is 13.8 Å². The molecule has 0 aromatic rings. The Hall–Kier alpha value is -1.93. The van der Waals surface area contributed by atoms with E-state index in [9.17, 15) is 19.5 Å². The van der Waals surface area contributed by atoms with Gasteiger partial charge < -0.3 is 25.2 Å². The molecule has 0 aromatic carbocycles. The van der Waals surface area contributed by atoms with Gasteiger partial charge in [0.2, 0.25) is 11.8 Å². The molecule has 3 N–H and O–H groups in total. The molecule has 0 aromatic heterocycles. The second-order valence-electron chi connectivity index (χ2n) is 12.8. The quantitative estimate of drug-likeness (QED) is 0.139. The van der Waals surface area contributed by atoms with Gasteiger partial charge in [-0.1, -0.05) is 85.8 Å². The third kappa shape index (κ3) is 12.9. The van der Waals surface area contributed by atoms with Crippen LogP contribution in [-0.2, 0) is 23.9 Å². The first kappa shape index (κ1) is 35.1. The second kappa shape index (κ2) is 16.4. The van der Waals surface area contributed by atoms with Crippen LogP contribution < -0.4 is 10.6 Å². The third-order valence-corrected chi connectivity index (χ3v) is 7.53. The Bertz CT molecular complexity index is 805. The number of hydrogen-bond donors (Lipinski definition) is 3. The summed E-state index contributed by atoms with van der Waals surface area (Å²) in [6.07, 6.45) is 13.7. The maximum Gasteiger partial charge on any atom is 0.305 e. The average Bonchev–Trinajstić information content (AvgIpc) is 2.84. The molecule has 0 aliphatic carbocycles. The Morgan fingerprint density at radius 1 is 0.949 bits per heavy atom. The molecule has 0 saturated carbocycles. The van der Waals surface area contributed by atoms with Gasteiger partial charge in [0, 0.05) is 16.9 Å². The number of ether oxygens (including phenoxy) is 2. The Morgan fingerprint density at radius 2 is 1.56 bits per heavy atom. The lowest BCUT2D eigenvalue weighted by atomic mass is 9.84. The van der Waals surface area contributed by atoms with Crippen molar-refractivity contribution in [1.82, 2.24) is 10.6 Å². The standard InChI is InChI=1S/C31H56N2O6/c1-9-11-12-13-14-15-16-17-18-19-20-29(3,4)28(37)33-23(10-2)24(21-25(34)35)32-27(36)26-30(5,6)22-38-31(7,8)39-26/h13-14,23-24,26H,9-12,15-22H2,1-8H3,(H,32,36)(H,33,37)(H,34,35)/b14-13+. The van der Waals surface area contributed by atoms with Gasteiger partial charge in [-0.25, -0.2) is 0 Å². The van der Waals surface area contributed by atoms with Crippen LogP contribution in [0.25, 0.3) is 0 Å². The maximum atomic E-state index is 13.3. The van der Waals surface area contributed by atoms with Crippen molar-refractivity contribution in [3.8, 4) is 0 Å². The molecular weight excluding hydrogens is 496 g/mol. The molecule has 1 saturated heterocycles. The minimum Gasteiger partial charge on any atom is -0.481 e. The lowest BCUT2D eigenvalue weighted by molar-refractivity contribution is -0.304. The lowest BCUT2D eigenvalue weighted by Crippen LogP contribution is -2.61. The first-order chi connectivity index (χ1) is 18.1. The highest BCUT2D eigenvalue weighted by Gasteiger charge is 2.46. The molecule has 0 radical (unpaired) electrons. The van der Waals surface area contributed by atoms with Gasteiger partial charge >= 0.3 is 5.97 Å². The summed E-state index contributed by atoms with van der Waals surface area (Å²) in [5, 5.41) is 15.5. The van der Waals surface area contributed by atoms with E-state index in [0.717, 1.165) is 44.9 Å². The molecule has 226 valence electrons. The summed E-state index contributed by atoms with van der Waals surface area (Å²) in [4.78, 5) is 38.3. The number of carboxylic acids is 1. The number of aliphatic carboxylic acids is 1. The normalized spacial score (nSPS) is 20.4. The molecule has 8 nitrogen and oxygen atoms in total. The van der Waals surface area contributed by atoms with Crippen LogP contribution in [0.4, 0.5) is 0 Å². The summed E-state index contributed by atoms with van der Waals surface area (Å²) < 4.78 is 11.6. The Labute approximate surface area is 237 Å². The van der Waals surface area contributed by atoms with E-state index < -0.39 is 46.7 Å². The monoisotopic (exact) mass is 552 g/mol. The maximum absolute atomic E-state index is 13.3. The average molecular weight is 553 g/mol. The van der Waals surface area contributed by atoms with Crippen LogP contribution in [0.15, 0.2) is 12.2 Å². The summed E-state index contributed by atoms with van der Waals surface area (Å²) in [6.45, 7) is 15.5. The van der Waals surface area contributed by atoms with Gasteiger partial charge in [0.15, 0.2) is 5.79 Å². The lowest BCUT2D eigenvalue weighted by Gasteiger charge is -2.45. The largest absolute Gasteiger partial charge is 0.481 e. The molecule has 2 amide bonds. The zero-order valence-corrected chi connectivity index (χ0v) is 25.9. The molecule has 39 heavy (non-hydrogen) atoms. The first-order valence-electron chi connectivity index (χ1n) is 14.9. The molecule has 1 heterocycles. The zero-order chi connectivity index (χ0) is 29.7. The fourth-order valence-corrected chi connectivity index (χ4v) is 4.77. The minimum absolute atomic E-state index is 0.123. The highest BCUT2D eigenvalue weighted by atomic mass is 16.7. The molecule has 1 aliphatic heterocycles. The summed E-state index contributed by atoms with van der Waals surface area (Å²) in [5.74, 6) is -2.48. The minimum atomic E-state index is -1.04. The van der Waals surface area contributed by atoms with E-state index in [-0.39, 0.29) is 12.3 Å². The SMILES string of the molecule is CCCC/C=C/CCCCCCC(C)(C)C(=O)NC(CC)C(CC(=O)O)NC(=O)C1OC(C)(C)OCC1(C)C. The van der Waals surface area contributed by atoms with Crippen molar-refractivity contribution in [2.24, 2.45) is 10.8 Å². The van der Waals surface area contributed by atoms with Crippen molar-refractivity contribution in [2.75, 3.05) is 6.61 Å². The number of carbonyl (C=O) groups is 3. The van der Waals surface area contributed by atoms with E-state index in [1.165, 1.54) is 12.8 Å². The number of nitrogens with one attached hydrogen (secondary N) is 2. The van der Waals surface area contributed by atoms with Gasteiger partial charge in [0.1, 0.15) is 6.10 Å². The van der Waals surface area contributed by atoms with Crippen molar-refractivity contribution in [3.05, 3.63) is 12.2 Å². The molecule has 0 bridgehead atoms. The number of rotatable bonds is 18. The predicted octanol–water partition coefficient (Wildman–Crippen LogP) is 6.13. The van der Waals surface area contributed by atoms with Gasteiger partial charge in [-0.15, -0.1) is 0 Å². The number of allylic oxidation sites excluding steroid dienone is 2. The highest BCUT2D eigenvalue weighted by Crippen LogP contribution is 2.35. The van der Waals surface area contributed by atoms with Crippen molar-refractivity contribution >= 4 is 17.8 Å². The Kier molecular flexibility index (Phi) is 14.7. The smallest absolute Gasteiger partial charge is 0.305 e. The Morgan fingerprint density at radius 3 is 2.15 bits per heavy atom. The van der Waals surface area contributed by atoms with Crippen LogP contribution in [0.2, 0.25) is 0 Å².